The minimum atomic E-state index is -0.245. The minimum absolute atomic E-state index is 0.245. The van der Waals surface area contributed by atoms with Gasteiger partial charge in [0.05, 0.1) is 5.69 Å². The summed E-state index contributed by atoms with van der Waals surface area (Å²) >= 11 is 0. The number of nitrogens with zero attached hydrogens (tertiary/aromatic N) is 3. The molecule has 0 spiro atoms. The summed E-state index contributed by atoms with van der Waals surface area (Å²) in [5.41, 5.74) is 1.83. The van der Waals surface area contributed by atoms with E-state index in [2.05, 4.69) is 15.4 Å². The van der Waals surface area contributed by atoms with Gasteiger partial charge in [0.25, 0.3) is 5.91 Å². The van der Waals surface area contributed by atoms with Crippen molar-refractivity contribution in [2.45, 2.75) is 13.3 Å². The summed E-state index contributed by atoms with van der Waals surface area (Å²) in [6.07, 6.45) is 2.17. The highest BCUT2D eigenvalue weighted by atomic mass is 16.4. The Morgan fingerprint density at radius 2 is 2.15 bits per heavy atom. The molecule has 0 aliphatic rings. The van der Waals surface area contributed by atoms with Gasteiger partial charge >= 0.3 is 5.84 Å². The Morgan fingerprint density at radius 1 is 1.35 bits per heavy atom. The average molecular weight is 270 g/mol. The molecule has 2 heterocycles. The number of hydrogen-bond donors (Lipinski definition) is 1. The first-order chi connectivity index (χ1) is 9.75. The predicted octanol–water partition coefficient (Wildman–Crippen LogP) is 1.60. The molecule has 1 aromatic carbocycles. The highest BCUT2D eigenvalue weighted by molar-refractivity contribution is 5.92. The molecule has 0 aliphatic heterocycles. The first kappa shape index (κ1) is 12.4. The molecule has 0 aliphatic carbocycles. The molecule has 0 saturated heterocycles. The van der Waals surface area contributed by atoms with Crippen LogP contribution < -0.4 is 5.32 Å². The molecule has 6 heteroatoms. The Labute approximate surface area is 115 Å². The van der Waals surface area contributed by atoms with Gasteiger partial charge in [-0.2, -0.15) is 14.6 Å². The zero-order valence-corrected chi connectivity index (χ0v) is 11.0. The molecule has 3 rings (SSSR count). The van der Waals surface area contributed by atoms with E-state index >= 15 is 0 Å². The fraction of sp³-hybridized carbons (Fsp3) is 0.214. The van der Waals surface area contributed by atoms with E-state index in [0.29, 0.717) is 18.1 Å². The van der Waals surface area contributed by atoms with Gasteiger partial charge in [-0.05, 0) is 18.9 Å². The maximum Gasteiger partial charge on any atom is 0.325 e. The number of aromatic nitrogens is 3. The molecule has 0 bridgehead atoms. The summed E-state index contributed by atoms with van der Waals surface area (Å²) in [5.74, 6) is 0.343. The quantitative estimate of drug-likeness (QED) is 0.781. The third-order valence-electron chi connectivity index (χ3n) is 3.10. The van der Waals surface area contributed by atoms with E-state index in [0.717, 1.165) is 6.42 Å². The highest BCUT2D eigenvalue weighted by Crippen LogP contribution is 2.12. The van der Waals surface area contributed by atoms with Crippen LogP contribution in [0.4, 0.5) is 0 Å². The molecule has 20 heavy (non-hydrogen) atoms. The predicted molar refractivity (Wildman–Crippen MR) is 72.5 cm³/mol. The fourth-order valence-electron chi connectivity index (χ4n) is 2.05. The second kappa shape index (κ2) is 5.16. The van der Waals surface area contributed by atoms with Crippen molar-refractivity contribution >= 4 is 11.8 Å². The molecule has 6 nitrogen and oxygen atoms in total. The highest BCUT2D eigenvalue weighted by Gasteiger charge is 2.18. The van der Waals surface area contributed by atoms with Gasteiger partial charge in [0.2, 0.25) is 5.76 Å². The summed E-state index contributed by atoms with van der Waals surface area (Å²) in [6.45, 7) is 2.33. The zero-order valence-electron chi connectivity index (χ0n) is 11.0. The number of carbonyl (C=O) groups excluding carboxylic acids is 1. The Morgan fingerprint density at radius 3 is 2.90 bits per heavy atom. The molecule has 1 amide bonds. The van der Waals surface area contributed by atoms with Gasteiger partial charge in [0, 0.05) is 6.54 Å². The monoisotopic (exact) mass is 270 g/mol. The van der Waals surface area contributed by atoms with E-state index in [1.54, 1.807) is 6.92 Å². The van der Waals surface area contributed by atoms with Crippen LogP contribution in [-0.2, 0) is 6.42 Å². The number of hydrogen-bond acceptors (Lipinski definition) is 4. The van der Waals surface area contributed by atoms with Crippen LogP contribution in [0, 0.1) is 6.92 Å². The number of rotatable bonds is 4. The third-order valence-corrected chi connectivity index (χ3v) is 3.10. The van der Waals surface area contributed by atoms with E-state index in [4.69, 9.17) is 4.42 Å². The number of aryl methyl sites for hydroxylation is 1. The number of oxazole rings is 1. The maximum atomic E-state index is 12.0. The smallest absolute Gasteiger partial charge is 0.325 e. The number of carbonyl (C=O) groups is 1. The lowest BCUT2D eigenvalue weighted by molar-refractivity contribution is 0.0927. The summed E-state index contributed by atoms with van der Waals surface area (Å²) < 4.78 is 6.89. The largest absolute Gasteiger partial charge is 0.416 e. The zero-order chi connectivity index (χ0) is 13.9. The third kappa shape index (κ3) is 2.27. The summed E-state index contributed by atoms with van der Waals surface area (Å²) in [4.78, 5) is 16.0. The maximum absolute atomic E-state index is 12.0. The Bertz CT molecular complexity index is 730. The lowest BCUT2D eigenvalue weighted by Crippen LogP contribution is -2.26. The lowest BCUT2D eigenvalue weighted by Gasteiger charge is -2.03. The van der Waals surface area contributed by atoms with Gasteiger partial charge in [0.1, 0.15) is 6.33 Å². The standard InChI is InChI=1S/C14H14N4O2/c1-10-12(20-14-16-9-17-18(10)14)13(19)15-8-7-11-5-3-2-4-6-11/h2-6,9H,7-8H2,1H3,(H,15,19). The molecule has 3 aromatic rings. The van der Waals surface area contributed by atoms with E-state index < -0.39 is 0 Å². The molecule has 0 saturated carbocycles. The van der Waals surface area contributed by atoms with Crippen molar-refractivity contribution in [1.82, 2.24) is 19.9 Å². The molecule has 2 aromatic heterocycles. The van der Waals surface area contributed by atoms with Crippen molar-refractivity contribution in [1.29, 1.82) is 0 Å². The van der Waals surface area contributed by atoms with Gasteiger partial charge in [-0.3, -0.25) is 4.79 Å². The van der Waals surface area contributed by atoms with Crippen LogP contribution in [0.1, 0.15) is 21.8 Å². The van der Waals surface area contributed by atoms with Crippen molar-refractivity contribution in [2.24, 2.45) is 0 Å². The van der Waals surface area contributed by atoms with Crippen molar-refractivity contribution < 1.29 is 9.21 Å². The Balaban J connectivity index is 1.64. The Hall–Kier alpha value is -2.63. The molecule has 0 radical (unpaired) electrons. The first-order valence-corrected chi connectivity index (χ1v) is 6.37. The molecular weight excluding hydrogens is 256 g/mol. The van der Waals surface area contributed by atoms with E-state index in [-0.39, 0.29) is 11.7 Å². The van der Waals surface area contributed by atoms with Gasteiger partial charge in [-0.1, -0.05) is 30.3 Å². The van der Waals surface area contributed by atoms with Crippen LogP contribution in [-0.4, -0.2) is 27.0 Å². The summed E-state index contributed by atoms with van der Waals surface area (Å²) in [6, 6.07) is 9.99. The molecule has 1 N–H and O–H groups in total. The van der Waals surface area contributed by atoms with Crippen LogP contribution in [0.3, 0.4) is 0 Å². The van der Waals surface area contributed by atoms with Gasteiger partial charge in [-0.25, -0.2) is 0 Å². The van der Waals surface area contributed by atoms with E-state index in [1.165, 1.54) is 16.4 Å². The van der Waals surface area contributed by atoms with E-state index in [9.17, 15) is 4.79 Å². The van der Waals surface area contributed by atoms with Gasteiger partial charge in [0.15, 0.2) is 0 Å². The summed E-state index contributed by atoms with van der Waals surface area (Å²) in [7, 11) is 0. The second-order valence-electron chi connectivity index (χ2n) is 4.46. The van der Waals surface area contributed by atoms with Crippen LogP contribution in [0.25, 0.3) is 5.84 Å². The van der Waals surface area contributed by atoms with Crippen LogP contribution in [0.2, 0.25) is 0 Å². The van der Waals surface area contributed by atoms with Gasteiger partial charge in [-0.15, -0.1) is 0 Å². The molecule has 0 atom stereocenters. The number of nitrogens with one attached hydrogen (secondary N) is 1. The fourth-order valence-corrected chi connectivity index (χ4v) is 2.05. The van der Waals surface area contributed by atoms with Crippen LogP contribution in [0.5, 0.6) is 0 Å². The first-order valence-electron chi connectivity index (χ1n) is 6.37. The minimum Gasteiger partial charge on any atom is -0.416 e. The molecule has 0 unspecified atom stereocenters. The molecule has 0 fully saturated rings. The second-order valence-corrected chi connectivity index (χ2v) is 4.46. The normalized spacial score (nSPS) is 10.8. The molecular formula is C14H14N4O2. The lowest BCUT2D eigenvalue weighted by atomic mass is 10.1. The number of benzene rings is 1. The van der Waals surface area contributed by atoms with Crippen LogP contribution >= 0.6 is 0 Å². The summed E-state index contributed by atoms with van der Waals surface area (Å²) in [5, 5.41) is 6.82. The number of amides is 1. The van der Waals surface area contributed by atoms with Crippen molar-refractivity contribution in [2.75, 3.05) is 6.54 Å². The topological polar surface area (TPSA) is 72.4 Å². The van der Waals surface area contributed by atoms with Crippen molar-refractivity contribution in [3.63, 3.8) is 0 Å². The molecule has 102 valence electrons. The Kier molecular flexibility index (Phi) is 3.20. The van der Waals surface area contributed by atoms with E-state index in [1.807, 2.05) is 30.3 Å². The van der Waals surface area contributed by atoms with Crippen molar-refractivity contribution in [3.05, 3.63) is 53.7 Å². The average Bonchev–Trinajstić information content (AvgIpc) is 3.03. The van der Waals surface area contributed by atoms with Gasteiger partial charge < -0.3 is 9.73 Å². The van der Waals surface area contributed by atoms with Crippen molar-refractivity contribution in [3.8, 4) is 0 Å². The van der Waals surface area contributed by atoms with Crippen LogP contribution in [0.15, 0.2) is 41.1 Å². The SMILES string of the molecule is Cc1c(C(=O)NCCc2ccccc2)oc2ncnn12. The number of fused-ring (bicyclic) bond motifs is 1.